The van der Waals surface area contributed by atoms with E-state index in [0.717, 1.165) is 28.8 Å². The van der Waals surface area contributed by atoms with Gasteiger partial charge in [0, 0.05) is 18.4 Å². The Kier molecular flexibility index (Phi) is 2.20. The second-order valence-electron chi connectivity index (χ2n) is 6.06. The molecule has 0 unspecified atom stereocenters. The Hall–Kier alpha value is -2.53. The molecule has 4 aliphatic rings. The third-order valence-electron chi connectivity index (χ3n) is 4.70. The van der Waals surface area contributed by atoms with Crippen LogP contribution in [0.4, 0.5) is 0 Å². The maximum absolute atomic E-state index is 12.5. The van der Waals surface area contributed by atoms with Crippen LogP contribution in [-0.2, 0) is 11.2 Å². The predicted molar refractivity (Wildman–Crippen MR) is 78.6 cm³/mol. The summed E-state index contributed by atoms with van der Waals surface area (Å²) in [5, 5.41) is 21.3. The van der Waals surface area contributed by atoms with E-state index in [9.17, 15) is 9.90 Å². The molecule has 3 aliphatic carbocycles. The van der Waals surface area contributed by atoms with Gasteiger partial charge in [-0.05, 0) is 28.3 Å². The van der Waals surface area contributed by atoms with Gasteiger partial charge in [0.1, 0.15) is 0 Å². The first-order valence-corrected chi connectivity index (χ1v) is 7.39. The molecular formula is C17H13N3O2. The molecule has 1 fully saturated rings. The molecule has 5 rings (SSSR count). The van der Waals surface area contributed by atoms with Crippen LogP contribution in [0.15, 0.2) is 68.7 Å². The van der Waals surface area contributed by atoms with E-state index in [1.165, 1.54) is 11.1 Å². The molecule has 0 radical (unpaired) electrons. The molecule has 0 saturated heterocycles. The number of carbonyl (C=O) groups is 1. The maximum Gasteiger partial charge on any atom is 0.273 e. The zero-order chi connectivity index (χ0) is 14.8. The highest BCUT2D eigenvalue weighted by Gasteiger charge is 2.39. The summed E-state index contributed by atoms with van der Waals surface area (Å²) in [5.74, 6) is -0.270. The number of azo groups is 1. The first kappa shape index (κ1) is 12.1. The van der Waals surface area contributed by atoms with Gasteiger partial charge in [-0.2, -0.15) is 0 Å². The van der Waals surface area contributed by atoms with E-state index in [1.54, 1.807) is 0 Å². The molecule has 0 aromatic heterocycles. The summed E-state index contributed by atoms with van der Waals surface area (Å²) < 4.78 is 0. The van der Waals surface area contributed by atoms with E-state index in [4.69, 9.17) is 0 Å². The summed E-state index contributed by atoms with van der Waals surface area (Å²) >= 11 is 0. The summed E-state index contributed by atoms with van der Waals surface area (Å²) in [7, 11) is 0. The molecule has 2 atom stereocenters. The van der Waals surface area contributed by atoms with Gasteiger partial charge < -0.3 is 10.4 Å². The molecule has 2 N–H and O–H groups in total. The van der Waals surface area contributed by atoms with Crippen LogP contribution in [0.2, 0.25) is 0 Å². The Labute approximate surface area is 126 Å². The molecule has 1 heterocycles. The van der Waals surface area contributed by atoms with Gasteiger partial charge in [0.05, 0.1) is 17.8 Å². The standard InChI is InChI=1S/C17H13N3O2/c21-13-7-8-3-1-2-4-10(8)15(13)18-17(22)16-12-6-9-5-11(9)14(12)19-20-16/h1-4,6,13,15,21H,5,7H2,(H,18,22)/t13-,15-/m0/s1. The second-order valence-corrected chi connectivity index (χ2v) is 6.06. The molecule has 5 nitrogen and oxygen atoms in total. The Bertz CT molecular complexity index is 860. The number of hydrogen-bond acceptors (Lipinski definition) is 4. The largest absolute Gasteiger partial charge is 0.390 e. The topological polar surface area (TPSA) is 74.0 Å². The summed E-state index contributed by atoms with van der Waals surface area (Å²) in [6, 6.07) is 7.42. The van der Waals surface area contributed by atoms with Crippen LogP contribution in [-0.4, -0.2) is 17.1 Å². The van der Waals surface area contributed by atoms with E-state index < -0.39 is 6.10 Å². The molecule has 0 spiro atoms. The average Bonchev–Trinajstić information content (AvgIpc) is 2.87. The Morgan fingerprint density at radius 2 is 2.14 bits per heavy atom. The van der Waals surface area contributed by atoms with Gasteiger partial charge in [0.2, 0.25) is 0 Å². The number of nitrogens with zero attached hydrogens (tertiary/aromatic N) is 2. The lowest BCUT2D eigenvalue weighted by atomic mass is 10.1. The Balaban J connectivity index is 1.45. The number of carbonyl (C=O) groups excluding carboxylic acids is 1. The van der Waals surface area contributed by atoms with Crippen molar-refractivity contribution in [3.63, 3.8) is 0 Å². The van der Waals surface area contributed by atoms with Crippen molar-refractivity contribution < 1.29 is 9.90 Å². The van der Waals surface area contributed by atoms with Crippen molar-refractivity contribution in [1.82, 2.24) is 5.32 Å². The molecule has 1 amide bonds. The number of fused-ring (bicyclic) bond motifs is 3. The molecule has 0 bridgehead atoms. The monoisotopic (exact) mass is 291 g/mol. The highest BCUT2D eigenvalue weighted by atomic mass is 16.3. The minimum atomic E-state index is -0.599. The van der Waals surface area contributed by atoms with Crippen molar-refractivity contribution >= 4 is 5.91 Å². The summed E-state index contributed by atoms with van der Waals surface area (Å²) in [4.78, 5) is 12.5. The van der Waals surface area contributed by atoms with Crippen LogP contribution in [0, 0.1) is 0 Å². The van der Waals surface area contributed by atoms with Crippen molar-refractivity contribution in [2.45, 2.75) is 25.0 Å². The molecule has 1 saturated carbocycles. The lowest BCUT2D eigenvalue weighted by molar-refractivity contribution is -0.119. The lowest BCUT2D eigenvalue weighted by Gasteiger charge is -2.17. The number of hydrogen-bond donors (Lipinski definition) is 2. The van der Waals surface area contributed by atoms with Gasteiger partial charge in [0.15, 0.2) is 5.70 Å². The fourth-order valence-corrected chi connectivity index (χ4v) is 3.50. The smallest absolute Gasteiger partial charge is 0.273 e. The van der Waals surface area contributed by atoms with E-state index in [1.807, 2.05) is 30.3 Å². The van der Waals surface area contributed by atoms with Gasteiger partial charge in [-0.1, -0.05) is 24.3 Å². The summed E-state index contributed by atoms with van der Waals surface area (Å²) in [6.45, 7) is 0. The van der Waals surface area contributed by atoms with E-state index >= 15 is 0 Å². The minimum absolute atomic E-state index is 0.270. The SMILES string of the molecule is O=C(N[C@H]1c2ccccc2C[C@@H]1O)C1=C2C=C3CC3=C2N=N1. The molecule has 108 valence electrons. The number of aliphatic hydroxyl groups excluding tert-OH is 1. The fourth-order valence-electron chi connectivity index (χ4n) is 3.50. The molecule has 1 aliphatic heterocycles. The Morgan fingerprint density at radius 3 is 3.05 bits per heavy atom. The Morgan fingerprint density at radius 1 is 1.27 bits per heavy atom. The molecule has 1 aromatic carbocycles. The number of amides is 1. The van der Waals surface area contributed by atoms with Crippen LogP contribution < -0.4 is 5.32 Å². The van der Waals surface area contributed by atoms with Crippen LogP contribution in [0.3, 0.4) is 0 Å². The highest BCUT2D eigenvalue weighted by molar-refractivity contribution is 5.97. The number of aliphatic hydroxyl groups is 1. The lowest BCUT2D eigenvalue weighted by Crippen LogP contribution is -2.34. The normalized spacial score (nSPS) is 26.9. The van der Waals surface area contributed by atoms with Crippen LogP contribution in [0.5, 0.6) is 0 Å². The first-order valence-electron chi connectivity index (χ1n) is 7.39. The number of benzene rings is 1. The third kappa shape index (κ3) is 1.54. The fraction of sp³-hybridized carbons (Fsp3) is 0.235. The van der Waals surface area contributed by atoms with Gasteiger partial charge >= 0.3 is 0 Å². The van der Waals surface area contributed by atoms with Crippen molar-refractivity contribution in [1.29, 1.82) is 0 Å². The number of nitrogens with one attached hydrogen (secondary N) is 1. The van der Waals surface area contributed by atoms with E-state index in [0.29, 0.717) is 12.1 Å². The third-order valence-corrected chi connectivity index (χ3v) is 4.70. The quantitative estimate of drug-likeness (QED) is 0.875. The summed E-state index contributed by atoms with van der Waals surface area (Å²) in [6.07, 6.45) is 2.94. The minimum Gasteiger partial charge on any atom is -0.390 e. The zero-order valence-corrected chi connectivity index (χ0v) is 11.7. The van der Waals surface area contributed by atoms with Gasteiger partial charge in [0.25, 0.3) is 5.91 Å². The van der Waals surface area contributed by atoms with Gasteiger partial charge in [-0.25, -0.2) is 0 Å². The molecule has 5 heteroatoms. The van der Waals surface area contributed by atoms with E-state index in [2.05, 4.69) is 15.5 Å². The first-order chi connectivity index (χ1) is 10.7. The van der Waals surface area contributed by atoms with Crippen molar-refractivity contribution in [2.75, 3.05) is 0 Å². The average molecular weight is 291 g/mol. The second kappa shape index (κ2) is 4.01. The maximum atomic E-state index is 12.5. The van der Waals surface area contributed by atoms with Crippen molar-refractivity contribution in [3.05, 3.63) is 69.6 Å². The zero-order valence-electron chi connectivity index (χ0n) is 11.7. The predicted octanol–water partition coefficient (Wildman–Crippen LogP) is 2.08. The van der Waals surface area contributed by atoms with Crippen LogP contribution in [0.25, 0.3) is 0 Å². The number of rotatable bonds is 2. The molecular weight excluding hydrogens is 278 g/mol. The van der Waals surface area contributed by atoms with Crippen molar-refractivity contribution in [3.8, 4) is 0 Å². The van der Waals surface area contributed by atoms with Crippen LogP contribution >= 0.6 is 0 Å². The number of allylic oxidation sites excluding steroid dienone is 3. The van der Waals surface area contributed by atoms with Gasteiger partial charge in [-0.15, -0.1) is 10.2 Å². The summed E-state index contributed by atoms with van der Waals surface area (Å²) in [5.41, 5.74) is 6.59. The molecule has 22 heavy (non-hydrogen) atoms. The van der Waals surface area contributed by atoms with Gasteiger partial charge in [-0.3, -0.25) is 4.79 Å². The highest BCUT2D eigenvalue weighted by Crippen LogP contribution is 2.51. The van der Waals surface area contributed by atoms with Crippen molar-refractivity contribution in [2.24, 2.45) is 10.2 Å². The van der Waals surface area contributed by atoms with Crippen LogP contribution in [0.1, 0.15) is 23.6 Å². The molecule has 1 aromatic rings. The van der Waals surface area contributed by atoms with E-state index in [-0.39, 0.29) is 11.9 Å².